The van der Waals surface area contributed by atoms with Crippen LogP contribution < -0.4 is 0 Å². The third-order valence-corrected chi connectivity index (χ3v) is 3.00. The van der Waals surface area contributed by atoms with Crippen molar-refractivity contribution in [3.63, 3.8) is 0 Å². The van der Waals surface area contributed by atoms with Crippen LogP contribution in [0.4, 0.5) is 13.2 Å². The molecule has 0 saturated heterocycles. The number of rotatable bonds is 3. The molecule has 1 aromatic rings. The fourth-order valence-electron chi connectivity index (χ4n) is 1.08. The molecule has 1 nitrogen and oxygen atoms in total. The van der Waals surface area contributed by atoms with Gasteiger partial charge in [-0.3, -0.25) is 4.98 Å². The van der Waals surface area contributed by atoms with E-state index in [0.717, 1.165) is 18.7 Å². The van der Waals surface area contributed by atoms with Crippen molar-refractivity contribution in [3.05, 3.63) is 29.6 Å². The third-order valence-electron chi connectivity index (χ3n) is 2.03. The summed E-state index contributed by atoms with van der Waals surface area (Å²) < 4.78 is 36.6. The van der Waals surface area contributed by atoms with Crippen molar-refractivity contribution < 1.29 is 13.2 Å². The van der Waals surface area contributed by atoms with Crippen molar-refractivity contribution >= 4 is 15.9 Å². The minimum absolute atomic E-state index is 0.265. The summed E-state index contributed by atoms with van der Waals surface area (Å²) in [7, 11) is 0. The molecule has 0 aliphatic carbocycles. The minimum atomic E-state index is -4.30. The molecule has 0 aliphatic rings. The summed E-state index contributed by atoms with van der Waals surface area (Å²) in [6.45, 7) is 2.00. The van der Waals surface area contributed by atoms with Crippen molar-refractivity contribution in [1.29, 1.82) is 0 Å². The molecule has 0 fully saturated rings. The van der Waals surface area contributed by atoms with E-state index in [2.05, 4.69) is 20.9 Å². The third kappa shape index (κ3) is 3.81. The molecule has 5 heteroatoms. The van der Waals surface area contributed by atoms with Crippen LogP contribution in [0.15, 0.2) is 18.3 Å². The first kappa shape index (κ1) is 12.5. The van der Waals surface area contributed by atoms with Gasteiger partial charge in [0.1, 0.15) is 0 Å². The predicted molar refractivity (Wildman–Crippen MR) is 55.9 cm³/mol. The van der Waals surface area contributed by atoms with Gasteiger partial charge in [-0.2, -0.15) is 13.2 Å². The Morgan fingerprint density at radius 2 is 2.07 bits per heavy atom. The molecule has 0 amide bonds. The summed E-state index contributed by atoms with van der Waals surface area (Å²) in [6.07, 6.45) is -1.86. The summed E-state index contributed by atoms with van der Waals surface area (Å²) in [5.41, 5.74) is -0.0272. The highest BCUT2D eigenvalue weighted by Gasteiger charge is 2.30. The van der Waals surface area contributed by atoms with Gasteiger partial charge in [-0.25, -0.2) is 0 Å². The molecule has 15 heavy (non-hydrogen) atoms. The molecule has 1 rings (SSSR count). The molecule has 0 aliphatic heterocycles. The van der Waals surface area contributed by atoms with E-state index >= 15 is 0 Å². The smallest absolute Gasteiger partial charge is 0.261 e. The molecular formula is C10H11BrF3N. The molecule has 1 aromatic heterocycles. The second-order valence-corrected chi connectivity index (χ2v) is 4.54. The standard InChI is InChI=1S/C10H11BrF3N/c1-2-8(11)5-9-4-3-7(6-15-9)10(12,13)14/h3-4,6,8H,2,5H2,1H3. The summed E-state index contributed by atoms with van der Waals surface area (Å²) in [6, 6.07) is 2.49. The molecule has 1 unspecified atom stereocenters. The zero-order valence-corrected chi connectivity index (χ0v) is 9.77. The first-order chi connectivity index (χ1) is 6.93. The van der Waals surface area contributed by atoms with Crippen LogP contribution in [0, 0.1) is 0 Å². The average Bonchev–Trinajstić information content (AvgIpc) is 2.17. The first-order valence-corrected chi connectivity index (χ1v) is 5.51. The second kappa shape index (κ2) is 4.96. The van der Waals surface area contributed by atoms with E-state index in [-0.39, 0.29) is 4.83 Å². The predicted octanol–water partition coefficient (Wildman–Crippen LogP) is 3.82. The Balaban J connectivity index is 2.73. The lowest BCUT2D eigenvalue weighted by molar-refractivity contribution is -0.137. The van der Waals surface area contributed by atoms with Crippen LogP contribution in [-0.4, -0.2) is 9.81 Å². The lowest BCUT2D eigenvalue weighted by atomic mass is 10.1. The van der Waals surface area contributed by atoms with Crippen LogP contribution in [0.25, 0.3) is 0 Å². The summed E-state index contributed by atoms with van der Waals surface area (Å²) >= 11 is 3.41. The molecule has 0 radical (unpaired) electrons. The van der Waals surface area contributed by atoms with E-state index in [4.69, 9.17) is 0 Å². The van der Waals surface area contributed by atoms with E-state index in [9.17, 15) is 13.2 Å². The van der Waals surface area contributed by atoms with Gasteiger partial charge in [0.05, 0.1) is 5.56 Å². The fourth-order valence-corrected chi connectivity index (χ4v) is 1.42. The summed E-state index contributed by atoms with van der Waals surface area (Å²) in [4.78, 5) is 4.05. The highest BCUT2D eigenvalue weighted by atomic mass is 79.9. The number of nitrogens with zero attached hydrogens (tertiary/aromatic N) is 1. The molecule has 84 valence electrons. The summed E-state index contributed by atoms with van der Waals surface area (Å²) in [5.74, 6) is 0. The topological polar surface area (TPSA) is 12.9 Å². The molecule has 0 N–H and O–H groups in total. The van der Waals surface area contributed by atoms with Gasteiger partial charge in [-0.05, 0) is 18.6 Å². The van der Waals surface area contributed by atoms with Crippen molar-refractivity contribution in [1.82, 2.24) is 4.98 Å². The Morgan fingerprint density at radius 3 is 2.47 bits per heavy atom. The van der Waals surface area contributed by atoms with Crippen LogP contribution in [-0.2, 0) is 12.6 Å². The fraction of sp³-hybridized carbons (Fsp3) is 0.500. The Kier molecular flexibility index (Phi) is 4.13. The lowest BCUT2D eigenvalue weighted by Crippen LogP contribution is -2.07. The van der Waals surface area contributed by atoms with Gasteiger partial charge in [-0.1, -0.05) is 22.9 Å². The summed E-state index contributed by atoms with van der Waals surface area (Å²) in [5, 5.41) is 0. The molecule has 0 aromatic carbocycles. The van der Waals surface area contributed by atoms with Gasteiger partial charge >= 0.3 is 6.18 Å². The first-order valence-electron chi connectivity index (χ1n) is 4.59. The monoisotopic (exact) mass is 281 g/mol. The van der Waals surface area contributed by atoms with Gasteiger partial charge in [0.25, 0.3) is 0 Å². The molecule has 1 atom stereocenters. The van der Waals surface area contributed by atoms with Gasteiger partial charge in [0, 0.05) is 23.1 Å². The zero-order valence-electron chi connectivity index (χ0n) is 8.18. The second-order valence-electron chi connectivity index (χ2n) is 3.25. The van der Waals surface area contributed by atoms with Crippen LogP contribution in [0.1, 0.15) is 24.6 Å². The van der Waals surface area contributed by atoms with Crippen molar-refractivity contribution in [2.45, 2.75) is 30.8 Å². The molecule has 0 saturated carbocycles. The van der Waals surface area contributed by atoms with Crippen LogP contribution in [0.5, 0.6) is 0 Å². The minimum Gasteiger partial charge on any atom is -0.261 e. The maximum absolute atomic E-state index is 12.2. The van der Waals surface area contributed by atoms with E-state index < -0.39 is 11.7 Å². The normalized spacial score (nSPS) is 13.9. The van der Waals surface area contributed by atoms with E-state index in [1.807, 2.05) is 6.92 Å². The largest absolute Gasteiger partial charge is 0.417 e. The molecule has 0 spiro atoms. The van der Waals surface area contributed by atoms with E-state index in [1.165, 1.54) is 6.07 Å². The SMILES string of the molecule is CCC(Br)Cc1ccc(C(F)(F)F)cn1. The van der Waals surface area contributed by atoms with Crippen LogP contribution in [0.3, 0.4) is 0 Å². The molecule has 1 heterocycles. The number of hydrogen-bond acceptors (Lipinski definition) is 1. The Hall–Kier alpha value is -0.580. The number of alkyl halides is 4. The van der Waals surface area contributed by atoms with Crippen molar-refractivity contribution in [2.75, 3.05) is 0 Å². The van der Waals surface area contributed by atoms with Crippen LogP contribution in [0.2, 0.25) is 0 Å². The molecule has 0 bridgehead atoms. The van der Waals surface area contributed by atoms with Crippen molar-refractivity contribution in [2.24, 2.45) is 0 Å². The highest BCUT2D eigenvalue weighted by Crippen LogP contribution is 2.28. The highest BCUT2D eigenvalue weighted by molar-refractivity contribution is 9.09. The number of pyridine rings is 1. The van der Waals surface area contributed by atoms with Gasteiger partial charge in [0.15, 0.2) is 0 Å². The van der Waals surface area contributed by atoms with Crippen molar-refractivity contribution in [3.8, 4) is 0 Å². The molecular weight excluding hydrogens is 271 g/mol. The van der Waals surface area contributed by atoms with E-state index in [0.29, 0.717) is 12.1 Å². The average molecular weight is 282 g/mol. The van der Waals surface area contributed by atoms with E-state index in [1.54, 1.807) is 0 Å². The Labute approximate surface area is 94.8 Å². The van der Waals surface area contributed by atoms with Gasteiger partial charge < -0.3 is 0 Å². The maximum atomic E-state index is 12.2. The zero-order chi connectivity index (χ0) is 11.5. The Morgan fingerprint density at radius 1 is 1.40 bits per heavy atom. The number of hydrogen-bond donors (Lipinski definition) is 0. The number of halogens is 4. The maximum Gasteiger partial charge on any atom is 0.417 e. The number of aromatic nitrogens is 1. The van der Waals surface area contributed by atoms with Gasteiger partial charge in [0.2, 0.25) is 0 Å². The Bertz CT molecular complexity index is 307. The van der Waals surface area contributed by atoms with Gasteiger partial charge in [-0.15, -0.1) is 0 Å². The lowest BCUT2D eigenvalue weighted by Gasteiger charge is -2.08. The quantitative estimate of drug-likeness (QED) is 0.768. The van der Waals surface area contributed by atoms with Crippen LogP contribution >= 0.6 is 15.9 Å².